The summed E-state index contributed by atoms with van der Waals surface area (Å²) in [5, 5.41) is 2.62. The number of esters is 1. The quantitative estimate of drug-likeness (QED) is 0.363. The minimum atomic E-state index is -1.07. The molecule has 3 aromatic rings. The van der Waals surface area contributed by atoms with Gasteiger partial charge in [-0.3, -0.25) is 9.59 Å². The Bertz CT molecular complexity index is 1100. The Morgan fingerprint density at radius 3 is 2.18 bits per heavy atom. The summed E-state index contributed by atoms with van der Waals surface area (Å²) >= 11 is 0. The van der Waals surface area contributed by atoms with Crippen molar-refractivity contribution in [1.29, 1.82) is 0 Å². The zero-order chi connectivity index (χ0) is 23.6. The van der Waals surface area contributed by atoms with Gasteiger partial charge in [0.2, 0.25) is 5.91 Å². The second-order valence-corrected chi connectivity index (χ2v) is 6.98. The number of hydrogen-bond acceptors (Lipinski definition) is 6. The third kappa shape index (κ3) is 6.83. The lowest BCUT2D eigenvalue weighted by molar-refractivity contribution is -0.123. The van der Waals surface area contributed by atoms with Gasteiger partial charge in [0.1, 0.15) is 30.3 Å². The third-order valence-electron chi connectivity index (χ3n) is 4.55. The first kappa shape index (κ1) is 23.3. The van der Waals surface area contributed by atoms with E-state index in [1.807, 2.05) is 30.3 Å². The number of benzene rings is 3. The Kier molecular flexibility index (Phi) is 8.02. The number of hydrogen-bond donors (Lipinski definition) is 2. The molecule has 33 heavy (non-hydrogen) atoms. The Balaban J connectivity index is 1.53. The molecule has 0 aliphatic rings. The van der Waals surface area contributed by atoms with Crippen molar-refractivity contribution in [2.75, 3.05) is 18.5 Å². The number of amides is 2. The highest BCUT2D eigenvalue weighted by atomic mass is 16.6. The summed E-state index contributed by atoms with van der Waals surface area (Å²) in [6, 6.07) is 22.0. The fourth-order valence-corrected chi connectivity index (χ4v) is 2.83. The van der Waals surface area contributed by atoms with Gasteiger partial charge in [0, 0.05) is 11.3 Å². The van der Waals surface area contributed by atoms with Crippen LogP contribution in [-0.4, -0.2) is 37.1 Å². The van der Waals surface area contributed by atoms with Gasteiger partial charge in [-0.25, -0.2) is 4.79 Å². The molecule has 3 aromatic carbocycles. The number of primary amides is 1. The number of carbonyl (C=O) groups is 3. The van der Waals surface area contributed by atoms with Gasteiger partial charge >= 0.3 is 5.97 Å². The van der Waals surface area contributed by atoms with E-state index in [2.05, 4.69) is 5.32 Å². The predicted molar refractivity (Wildman–Crippen MR) is 122 cm³/mol. The third-order valence-corrected chi connectivity index (χ3v) is 4.55. The molecule has 0 radical (unpaired) electrons. The Morgan fingerprint density at radius 2 is 1.48 bits per heavy atom. The van der Waals surface area contributed by atoms with Crippen LogP contribution in [0.1, 0.15) is 27.6 Å². The number of nitrogens with one attached hydrogen (secondary N) is 1. The van der Waals surface area contributed by atoms with E-state index in [-0.39, 0.29) is 12.2 Å². The minimum absolute atomic E-state index is 0.197. The molecule has 2 amide bonds. The van der Waals surface area contributed by atoms with Gasteiger partial charge in [0.05, 0.1) is 0 Å². The fraction of sp³-hybridized carbons (Fsp3) is 0.160. The molecule has 3 N–H and O–H groups in total. The summed E-state index contributed by atoms with van der Waals surface area (Å²) < 4.78 is 16.6. The van der Waals surface area contributed by atoms with E-state index in [1.54, 1.807) is 24.3 Å². The summed E-state index contributed by atoms with van der Waals surface area (Å²) in [7, 11) is 0. The number of ether oxygens (including phenoxy) is 3. The summed E-state index contributed by atoms with van der Waals surface area (Å²) in [5.74, 6) is -0.736. The molecule has 0 fully saturated rings. The Morgan fingerprint density at radius 1 is 0.848 bits per heavy atom. The lowest BCUT2D eigenvalue weighted by atomic mass is 10.2. The van der Waals surface area contributed by atoms with Crippen molar-refractivity contribution in [2.24, 2.45) is 5.73 Å². The molecule has 3 rings (SSSR count). The summed E-state index contributed by atoms with van der Waals surface area (Å²) in [4.78, 5) is 36.2. The van der Waals surface area contributed by atoms with Crippen LogP contribution in [0.3, 0.4) is 0 Å². The van der Waals surface area contributed by atoms with Gasteiger partial charge in [-0.1, -0.05) is 30.3 Å². The van der Waals surface area contributed by atoms with Crippen molar-refractivity contribution in [1.82, 2.24) is 0 Å². The van der Waals surface area contributed by atoms with Crippen LogP contribution >= 0.6 is 0 Å². The molecular weight excluding hydrogens is 424 g/mol. The lowest BCUT2D eigenvalue weighted by Gasteiger charge is -2.15. The molecular formula is C25H24N2O6. The number of para-hydroxylation sites is 2. The van der Waals surface area contributed by atoms with Crippen LogP contribution in [0.5, 0.6) is 11.5 Å². The van der Waals surface area contributed by atoms with E-state index < -0.39 is 23.9 Å². The van der Waals surface area contributed by atoms with Crippen LogP contribution in [0.2, 0.25) is 0 Å². The van der Waals surface area contributed by atoms with E-state index in [0.29, 0.717) is 23.6 Å². The van der Waals surface area contributed by atoms with E-state index in [1.165, 1.54) is 31.2 Å². The smallest absolute Gasteiger partial charge is 0.342 e. The summed E-state index contributed by atoms with van der Waals surface area (Å²) in [6.45, 7) is 1.97. The number of nitrogens with two attached hydrogens (primary N) is 1. The molecule has 0 aliphatic heterocycles. The van der Waals surface area contributed by atoms with E-state index in [4.69, 9.17) is 19.9 Å². The maximum atomic E-state index is 12.6. The van der Waals surface area contributed by atoms with Gasteiger partial charge < -0.3 is 25.3 Å². The molecule has 0 aliphatic carbocycles. The molecule has 1 atom stereocenters. The molecule has 8 heteroatoms. The molecule has 8 nitrogen and oxygen atoms in total. The maximum absolute atomic E-state index is 12.6. The van der Waals surface area contributed by atoms with Crippen molar-refractivity contribution in [2.45, 2.75) is 13.0 Å². The minimum Gasteiger partial charge on any atom is -0.490 e. The molecule has 170 valence electrons. The zero-order valence-corrected chi connectivity index (χ0v) is 18.0. The molecule has 0 heterocycles. The number of rotatable bonds is 10. The van der Waals surface area contributed by atoms with Gasteiger partial charge in [0.25, 0.3) is 5.91 Å². The highest BCUT2D eigenvalue weighted by molar-refractivity contribution is 5.99. The van der Waals surface area contributed by atoms with Crippen molar-refractivity contribution in [3.05, 3.63) is 90.0 Å². The summed E-state index contributed by atoms with van der Waals surface area (Å²) in [5.41, 5.74) is 6.15. The zero-order valence-electron chi connectivity index (χ0n) is 18.0. The van der Waals surface area contributed by atoms with Crippen LogP contribution in [0.15, 0.2) is 78.9 Å². The average Bonchev–Trinajstić information content (AvgIpc) is 2.83. The van der Waals surface area contributed by atoms with Crippen molar-refractivity contribution in [3.8, 4) is 11.5 Å². The largest absolute Gasteiger partial charge is 0.490 e. The van der Waals surface area contributed by atoms with Gasteiger partial charge in [-0.05, 0) is 55.5 Å². The van der Waals surface area contributed by atoms with Crippen LogP contribution in [-0.2, 0) is 9.53 Å². The first-order valence-corrected chi connectivity index (χ1v) is 10.3. The lowest BCUT2D eigenvalue weighted by Crippen LogP contribution is -2.30. The van der Waals surface area contributed by atoms with Crippen molar-refractivity contribution < 1.29 is 28.6 Å². The first-order chi connectivity index (χ1) is 15.9. The fourth-order valence-electron chi connectivity index (χ4n) is 2.83. The van der Waals surface area contributed by atoms with E-state index in [0.717, 1.165) is 5.75 Å². The molecule has 0 spiro atoms. The van der Waals surface area contributed by atoms with Gasteiger partial charge in [-0.2, -0.15) is 0 Å². The summed E-state index contributed by atoms with van der Waals surface area (Å²) in [6.07, 6.45) is -1.07. The highest BCUT2D eigenvalue weighted by Gasteiger charge is 2.21. The Labute approximate surface area is 191 Å². The average molecular weight is 448 g/mol. The van der Waals surface area contributed by atoms with Crippen LogP contribution in [0.25, 0.3) is 0 Å². The maximum Gasteiger partial charge on any atom is 0.342 e. The Hall–Kier alpha value is -4.33. The second-order valence-electron chi connectivity index (χ2n) is 6.98. The van der Waals surface area contributed by atoms with Gasteiger partial charge in [-0.15, -0.1) is 0 Å². The monoisotopic (exact) mass is 448 g/mol. The molecule has 0 bridgehead atoms. The SMILES string of the molecule is CC(OC(=O)c1ccccc1OCCOc1ccccc1)C(=O)Nc1ccc(C(N)=O)cc1. The number of anilines is 1. The standard InChI is InChI=1S/C25H24N2O6/c1-17(24(29)27-19-13-11-18(12-14-19)23(26)28)33-25(30)21-9-5-6-10-22(21)32-16-15-31-20-7-3-2-4-8-20/h2-14,17H,15-16H2,1H3,(H2,26,28)(H,27,29). The van der Waals surface area contributed by atoms with E-state index in [9.17, 15) is 14.4 Å². The van der Waals surface area contributed by atoms with E-state index >= 15 is 0 Å². The molecule has 0 saturated carbocycles. The van der Waals surface area contributed by atoms with Crippen LogP contribution < -0.4 is 20.5 Å². The predicted octanol–water partition coefficient (Wildman–Crippen LogP) is 3.43. The molecule has 0 saturated heterocycles. The second kappa shape index (κ2) is 11.3. The first-order valence-electron chi connectivity index (χ1n) is 10.3. The topological polar surface area (TPSA) is 117 Å². The van der Waals surface area contributed by atoms with Crippen molar-refractivity contribution in [3.63, 3.8) is 0 Å². The van der Waals surface area contributed by atoms with Crippen LogP contribution in [0.4, 0.5) is 5.69 Å². The van der Waals surface area contributed by atoms with Crippen molar-refractivity contribution >= 4 is 23.5 Å². The molecule has 1 unspecified atom stereocenters. The van der Waals surface area contributed by atoms with Crippen LogP contribution in [0, 0.1) is 0 Å². The van der Waals surface area contributed by atoms with Gasteiger partial charge in [0.15, 0.2) is 6.10 Å². The normalized spacial score (nSPS) is 11.2. The molecule has 0 aromatic heterocycles. The highest BCUT2D eigenvalue weighted by Crippen LogP contribution is 2.20. The number of carbonyl (C=O) groups excluding carboxylic acids is 3.